The standard InChI is InChI=1S/C21H18N4O/c1-14-3-8-20(15(2)9-14)24-19-10-17(12-23-13-19)21(26)25-18-6-4-16(11-22)5-7-18/h3-10,12-13,24H,1-2H3,(H,25,26). The molecule has 26 heavy (non-hydrogen) atoms. The largest absolute Gasteiger partial charge is 0.354 e. The second-order valence-corrected chi connectivity index (χ2v) is 6.05. The molecule has 3 rings (SSSR count). The lowest BCUT2D eigenvalue weighted by molar-refractivity contribution is 0.102. The quantitative estimate of drug-likeness (QED) is 0.728. The van der Waals surface area contributed by atoms with Crippen LogP contribution in [0.15, 0.2) is 60.9 Å². The Balaban J connectivity index is 1.75. The van der Waals surface area contributed by atoms with E-state index in [1.807, 2.05) is 32.0 Å². The first-order chi connectivity index (χ1) is 12.5. The van der Waals surface area contributed by atoms with Gasteiger partial charge in [-0.1, -0.05) is 17.7 Å². The van der Waals surface area contributed by atoms with E-state index in [2.05, 4.69) is 21.7 Å². The highest BCUT2D eigenvalue weighted by atomic mass is 16.1. The summed E-state index contributed by atoms with van der Waals surface area (Å²) >= 11 is 0. The molecule has 0 saturated carbocycles. The number of rotatable bonds is 4. The second-order valence-electron chi connectivity index (χ2n) is 6.05. The van der Waals surface area contributed by atoms with Gasteiger partial charge >= 0.3 is 0 Å². The molecule has 0 bridgehead atoms. The van der Waals surface area contributed by atoms with Crippen LogP contribution in [-0.4, -0.2) is 10.9 Å². The SMILES string of the molecule is Cc1ccc(Nc2cncc(C(=O)Nc3ccc(C#N)cc3)c2)c(C)c1. The van der Waals surface area contributed by atoms with Gasteiger partial charge in [-0.2, -0.15) is 5.26 Å². The van der Waals surface area contributed by atoms with E-state index in [-0.39, 0.29) is 5.91 Å². The molecule has 5 heteroatoms. The topological polar surface area (TPSA) is 77.8 Å². The smallest absolute Gasteiger partial charge is 0.257 e. The molecular formula is C21H18N4O. The van der Waals surface area contributed by atoms with Gasteiger partial charge in [0.15, 0.2) is 0 Å². The van der Waals surface area contributed by atoms with E-state index in [1.165, 1.54) is 11.8 Å². The highest BCUT2D eigenvalue weighted by Gasteiger charge is 2.08. The van der Waals surface area contributed by atoms with Gasteiger partial charge in [0.2, 0.25) is 0 Å². The van der Waals surface area contributed by atoms with E-state index < -0.39 is 0 Å². The number of carbonyl (C=O) groups excluding carboxylic acids is 1. The summed E-state index contributed by atoms with van der Waals surface area (Å²) < 4.78 is 0. The molecule has 128 valence electrons. The van der Waals surface area contributed by atoms with Crippen LogP contribution < -0.4 is 10.6 Å². The van der Waals surface area contributed by atoms with Crippen LogP contribution in [0.5, 0.6) is 0 Å². The van der Waals surface area contributed by atoms with Gasteiger partial charge in [-0.3, -0.25) is 9.78 Å². The van der Waals surface area contributed by atoms with Crippen molar-refractivity contribution in [3.05, 3.63) is 83.2 Å². The molecular weight excluding hydrogens is 324 g/mol. The molecule has 2 aromatic carbocycles. The lowest BCUT2D eigenvalue weighted by Gasteiger charge is -2.11. The number of carbonyl (C=O) groups is 1. The van der Waals surface area contributed by atoms with Crippen molar-refractivity contribution in [1.82, 2.24) is 4.98 Å². The van der Waals surface area contributed by atoms with Crippen LogP contribution >= 0.6 is 0 Å². The average Bonchev–Trinajstić information content (AvgIpc) is 2.65. The van der Waals surface area contributed by atoms with Gasteiger partial charge in [-0.05, 0) is 55.8 Å². The van der Waals surface area contributed by atoms with E-state index in [9.17, 15) is 4.79 Å². The summed E-state index contributed by atoms with van der Waals surface area (Å²) in [7, 11) is 0. The number of amides is 1. The van der Waals surface area contributed by atoms with E-state index >= 15 is 0 Å². The van der Waals surface area contributed by atoms with Gasteiger partial charge in [0, 0.05) is 17.6 Å². The van der Waals surface area contributed by atoms with E-state index in [1.54, 1.807) is 36.5 Å². The Morgan fingerprint density at radius 1 is 1.00 bits per heavy atom. The lowest BCUT2D eigenvalue weighted by atomic mass is 10.1. The maximum absolute atomic E-state index is 12.4. The molecule has 1 amide bonds. The summed E-state index contributed by atoms with van der Waals surface area (Å²) in [5.74, 6) is -0.258. The number of benzene rings is 2. The van der Waals surface area contributed by atoms with Crippen LogP contribution in [0.3, 0.4) is 0 Å². The van der Waals surface area contributed by atoms with Crippen molar-refractivity contribution < 1.29 is 4.79 Å². The Hall–Kier alpha value is -3.65. The maximum atomic E-state index is 12.4. The summed E-state index contributed by atoms with van der Waals surface area (Å²) in [6, 6.07) is 16.6. The highest BCUT2D eigenvalue weighted by Crippen LogP contribution is 2.22. The predicted molar refractivity (Wildman–Crippen MR) is 103 cm³/mol. The van der Waals surface area contributed by atoms with Crippen LogP contribution in [0.1, 0.15) is 27.0 Å². The molecule has 0 atom stereocenters. The summed E-state index contributed by atoms with van der Waals surface area (Å²) in [5, 5.41) is 14.9. The number of pyridine rings is 1. The van der Waals surface area contributed by atoms with E-state index in [4.69, 9.17) is 5.26 Å². The minimum absolute atomic E-state index is 0.258. The minimum Gasteiger partial charge on any atom is -0.354 e. The van der Waals surface area contributed by atoms with Crippen molar-refractivity contribution in [1.29, 1.82) is 5.26 Å². The van der Waals surface area contributed by atoms with Crippen LogP contribution in [0.25, 0.3) is 0 Å². The molecule has 0 aliphatic rings. The van der Waals surface area contributed by atoms with Gasteiger partial charge in [-0.25, -0.2) is 0 Å². The monoisotopic (exact) mass is 342 g/mol. The number of anilines is 3. The van der Waals surface area contributed by atoms with Crippen LogP contribution in [-0.2, 0) is 0 Å². The molecule has 1 heterocycles. The molecule has 0 saturated heterocycles. The molecule has 0 radical (unpaired) electrons. The molecule has 2 N–H and O–H groups in total. The minimum atomic E-state index is -0.258. The third-order valence-corrected chi connectivity index (χ3v) is 3.93. The Kier molecular flexibility index (Phi) is 4.95. The second kappa shape index (κ2) is 7.49. The fraction of sp³-hybridized carbons (Fsp3) is 0.0952. The van der Waals surface area contributed by atoms with E-state index in [0.717, 1.165) is 16.9 Å². The summed E-state index contributed by atoms with van der Waals surface area (Å²) in [6.07, 6.45) is 3.20. The normalized spacial score (nSPS) is 10.0. The lowest BCUT2D eigenvalue weighted by Crippen LogP contribution is -2.12. The first-order valence-electron chi connectivity index (χ1n) is 8.16. The highest BCUT2D eigenvalue weighted by molar-refractivity contribution is 6.04. The van der Waals surface area contributed by atoms with Crippen molar-refractivity contribution in [3.63, 3.8) is 0 Å². The van der Waals surface area contributed by atoms with Gasteiger partial charge in [0.1, 0.15) is 0 Å². The predicted octanol–water partition coefficient (Wildman–Crippen LogP) is 4.57. The molecule has 0 spiro atoms. The molecule has 3 aromatic rings. The first kappa shape index (κ1) is 17.2. The molecule has 1 aromatic heterocycles. The number of hydrogen-bond acceptors (Lipinski definition) is 4. The first-order valence-corrected chi connectivity index (χ1v) is 8.16. The third-order valence-electron chi connectivity index (χ3n) is 3.93. The zero-order valence-corrected chi connectivity index (χ0v) is 14.6. The van der Waals surface area contributed by atoms with Gasteiger partial charge < -0.3 is 10.6 Å². The summed E-state index contributed by atoms with van der Waals surface area (Å²) in [6.45, 7) is 4.08. The van der Waals surface area contributed by atoms with Gasteiger partial charge in [0.05, 0.1) is 29.1 Å². The number of aryl methyl sites for hydroxylation is 2. The van der Waals surface area contributed by atoms with Crippen molar-refractivity contribution in [2.24, 2.45) is 0 Å². The Morgan fingerprint density at radius 2 is 1.77 bits per heavy atom. The number of aromatic nitrogens is 1. The summed E-state index contributed by atoms with van der Waals surface area (Å²) in [4.78, 5) is 16.6. The fourth-order valence-electron chi connectivity index (χ4n) is 2.57. The molecule has 0 aliphatic carbocycles. The zero-order chi connectivity index (χ0) is 18.5. The van der Waals surface area contributed by atoms with Crippen molar-refractivity contribution in [3.8, 4) is 6.07 Å². The molecule has 0 fully saturated rings. The average molecular weight is 342 g/mol. The number of nitriles is 1. The molecule has 0 unspecified atom stereocenters. The van der Waals surface area contributed by atoms with Gasteiger partial charge in [0.25, 0.3) is 5.91 Å². The van der Waals surface area contributed by atoms with Crippen molar-refractivity contribution in [2.75, 3.05) is 10.6 Å². The Labute approximate surface area is 152 Å². The summed E-state index contributed by atoms with van der Waals surface area (Å²) in [5.41, 5.74) is 5.65. The van der Waals surface area contributed by atoms with Gasteiger partial charge in [-0.15, -0.1) is 0 Å². The van der Waals surface area contributed by atoms with Crippen molar-refractivity contribution >= 4 is 23.0 Å². The maximum Gasteiger partial charge on any atom is 0.257 e. The van der Waals surface area contributed by atoms with Crippen molar-refractivity contribution in [2.45, 2.75) is 13.8 Å². The van der Waals surface area contributed by atoms with E-state index in [0.29, 0.717) is 16.8 Å². The molecule has 5 nitrogen and oxygen atoms in total. The van der Waals surface area contributed by atoms with Crippen LogP contribution in [0.2, 0.25) is 0 Å². The number of nitrogens with one attached hydrogen (secondary N) is 2. The fourth-order valence-corrected chi connectivity index (χ4v) is 2.57. The zero-order valence-electron chi connectivity index (χ0n) is 14.6. The van der Waals surface area contributed by atoms with Crippen LogP contribution in [0, 0.1) is 25.2 Å². The number of hydrogen-bond donors (Lipinski definition) is 2. The Morgan fingerprint density at radius 3 is 2.46 bits per heavy atom. The Bertz CT molecular complexity index is 988. The number of nitrogens with zero attached hydrogens (tertiary/aromatic N) is 2. The van der Waals surface area contributed by atoms with Crippen LogP contribution in [0.4, 0.5) is 17.1 Å². The molecule has 0 aliphatic heterocycles. The third kappa shape index (κ3) is 4.05.